The Morgan fingerprint density at radius 2 is 1.86 bits per heavy atom. The predicted octanol–water partition coefficient (Wildman–Crippen LogP) is 2.21. The Balaban J connectivity index is 2.10. The quantitative estimate of drug-likeness (QED) is 0.921. The van der Waals surface area contributed by atoms with Crippen molar-refractivity contribution in [2.24, 2.45) is 0 Å². The molecule has 0 bridgehead atoms. The number of rotatable bonds is 5. The molecule has 0 radical (unpaired) electrons. The Kier molecular flexibility index (Phi) is 3.97. The lowest BCUT2D eigenvalue weighted by atomic mass is 10.1. The molecular formula is C16H20N2O2S. The molecular weight excluding hydrogens is 284 g/mol. The Bertz CT molecular complexity index is 734. The molecule has 0 aromatic heterocycles. The van der Waals surface area contributed by atoms with Gasteiger partial charge in [-0.25, -0.2) is 8.42 Å². The highest BCUT2D eigenvalue weighted by Crippen LogP contribution is 2.27. The molecule has 0 atom stereocenters. The summed E-state index contributed by atoms with van der Waals surface area (Å²) in [7, 11) is -3.46. The van der Waals surface area contributed by atoms with E-state index in [4.69, 9.17) is 0 Å². The van der Waals surface area contributed by atoms with Crippen molar-refractivity contribution in [3.05, 3.63) is 42.5 Å². The first-order valence-corrected chi connectivity index (χ1v) is 8.79. The highest BCUT2D eigenvalue weighted by atomic mass is 32.2. The standard InChI is InChI=1S/C16H20N2O2S/c1-2-10-18(14-11-17-12-14)21(19,20)16-9-5-7-13-6-3-4-8-15(13)16/h3-9,14,17H,2,10-12H2,1H3. The molecule has 0 saturated carbocycles. The van der Waals surface area contributed by atoms with Crippen LogP contribution in [0.5, 0.6) is 0 Å². The summed E-state index contributed by atoms with van der Waals surface area (Å²) < 4.78 is 27.8. The number of nitrogens with one attached hydrogen (secondary N) is 1. The fraction of sp³-hybridized carbons (Fsp3) is 0.375. The molecule has 3 rings (SSSR count). The van der Waals surface area contributed by atoms with Gasteiger partial charge in [-0.1, -0.05) is 43.3 Å². The molecule has 112 valence electrons. The van der Waals surface area contributed by atoms with E-state index in [9.17, 15) is 8.42 Å². The Morgan fingerprint density at radius 3 is 2.52 bits per heavy atom. The van der Waals surface area contributed by atoms with Crippen LogP contribution in [0.3, 0.4) is 0 Å². The van der Waals surface area contributed by atoms with Crippen molar-refractivity contribution < 1.29 is 8.42 Å². The molecule has 0 aliphatic carbocycles. The molecule has 1 aliphatic rings. The van der Waals surface area contributed by atoms with Crippen molar-refractivity contribution in [1.29, 1.82) is 0 Å². The van der Waals surface area contributed by atoms with E-state index in [2.05, 4.69) is 5.32 Å². The maximum atomic E-state index is 13.1. The van der Waals surface area contributed by atoms with E-state index in [1.54, 1.807) is 10.4 Å². The predicted molar refractivity (Wildman–Crippen MR) is 84.8 cm³/mol. The number of fused-ring (bicyclic) bond motifs is 1. The number of hydrogen-bond acceptors (Lipinski definition) is 3. The van der Waals surface area contributed by atoms with Gasteiger partial charge in [0.05, 0.1) is 10.9 Å². The first-order valence-electron chi connectivity index (χ1n) is 7.35. The summed E-state index contributed by atoms with van der Waals surface area (Å²) in [5, 5.41) is 4.91. The molecule has 1 N–H and O–H groups in total. The third kappa shape index (κ3) is 2.57. The van der Waals surface area contributed by atoms with Gasteiger partial charge in [0.1, 0.15) is 0 Å². The molecule has 1 aliphatic heterocycles. The highest BCUT2D eigenvalue weighted by molar-refractivity contribution is 7.89. The lowest BCUT2D eigenvalue weighted by Crippen LogP contribution is -2.58. The summed E-state index contributed by atoms with van der Waals surface area (Å²) in [6.07, 6.45) is 0.820. The topological polar surface area (TPSA) is 49.4 Å². The van der Waals surface area contributed by atoms with E-state index in [1.807, 2.05) is 43.3 Å². The van der Waals surface area contributed by atoms with E-state index >= 15 is 0 Å². The number of hydrogen-bond donors (Lipinski definition) is 1. The van der Waals surface area contributed by atoms with Gasteiger partial charge in [0, 0.05) is 25.0 Å². The van der Waals surface area contributed by atoms with Crippen LogP contribution in [-0.2, 0) is 10.0 Å². The summed E-state index contributed by atoms with van der Waals surface area (Å²) >= 11 is 0. The summed E-state index contributed by atoms with van der Waals surface area (Å²) in [4.78, 5) is 0.418. The van der Waals surface area contributed by atoms with Gasteiger partial charge in [0.15, 0.2) is 0 Å². The van der Waals surface area contributed by atoms with Crippen LogP contribution in [0.2, 0.25) is 0 Å². The highest BCUT2D eigenvalue weighted by Gasteiger charge is 2.34. The minimum atomic E-state index is -3.46. The SMILES string of the molecule is CCCN(C1CNC1)S(=O)(=O)c1cccc2ccccc12. The van der Waals surface area contributed by atoms with E-state index in [1.165, 1.54) is 0 Å². The van der Waals surface area contributed by atoms with Gasteiger partial charge in [-0.2, -0.15) is 4.31 Å². The van der Waals surface area contributed by atoms with Crippen molar-refractivity contribution in [2.45, 2.75) is 24.3 Å². The maximum Gasteiger partial charge on any atom is 0.244 e. The minimum Gasteiger partial charge on any atom is -0.313 e. The number of benzene rings is 2. The monoisotopic (exact) mass is 304 g/mol. The minimum absolute atomic E-state index is 0.0777. The van der Waals surface area contributed by atoms with Crippen LogP contribution in [0.1, 0.15) is 13.3 Å². The van der Waals surface area contributed by atoms with Crippen LogP contribution >= 0.6 is 0 Å². The third-order valence-corrected chi connectivity index (χ3v) is 5.96. The summed E-state index contributed by atoms with van der Waals surface area (Å²) in [5.74, 6) is 0. The zero-order chi connectivity index (χ0) is 14.9. The molecule has 1 heterocycles. The molecule has 2 aromatic rings. The van der Waals surface area contributed by atoms with Gasteiger partial charge in [0.2, 0.25) is 10.0 Å². The van der Waals surface area contributed by atoms with Gasteiger partial charge < -0.3 is 5.32 Å². The van der Waals surface area contributed by atoms with Gasteiger partial charge in [-0.05, 0) is 17.9 Å². The van der Waals surface area contributed by atoms with Gasteiger partial charge >= 0.3 is 0 Å². The van der Waals surface area contributed by atoms with Crippen LogP contribution in [0.4, 0.5) is 0 Å². The van der Waals surface area contributed by atoms with Crippen molar-refractivity contribution in [3.8, 4) is 0 Å². The maximum absolute atomic E-state index is 13.1. The second-order valence-corrected chi connectivity index (χ2v) is 7.26. The molecule has 0 amide bonds. The molecule has 4 nitrogen and oxygen atoms in total. The smallest absolute Gasteiger partial charge is 0.244 e. The average Bonchev–Trinajstić information content (AvgIpc) is 2.44. The summed E-state index contributed by atoms with van der Waals surface area (Å²) in [6.45, 7) is 4.06. The zero-order valence-corrected chi connectivity index (χ0v) is 12.9. The van der Waals surface area contributed by atoms with Crippen LogP contribution in [-0.4, -0.2) is 38.4 Å². The Morgan fingerprint density at radius 1 is 1.14 bits per heavy atom. The Labute approximate surface area is 125 Å². The molecule has 21 heavy (non-hydrogen) atoms. The van der Waals surface area contributed by atoms with E-state index < -0.39 is 10.0 Å². The third-order valence-electron chi connectivity index (χ3n) is 3.95. The molecule has 2 aromatic carbocycles. The normalized spacial score (nSPS) is 16.3. The molecule has 5 heteroatoms. The van der Waals surface area contributed by atoms with Crippen LogP contribution in [0, 0.1) is 0 Å². The van der Waals surface area contributed by atoms with E-state index in [-0.39, 0.29) is 6.04 Å². The second kappa shape index (κ2) is 5.75. The van der Waals surface area contributed by atoms with Gasteiger partial charge in [-0.15, -0.1) is 0 Å². The average molecular weight is 304 g/mol. The van der Waals surface area contributed by atoms with Crippen molar-refractivity contribution in [3.63, 3.8) is 0 Å². The lowest BCUT2D eigenvalue weighted by molar-refractivity contribution is 0.242. The van der Waals surface area contributed by atoms with Crippen molar-refractivity contribution >= 4 is 20.8 Å². The van der Waals surface area contributed by atoms with Crippen LogP contribution in [0.15, 0.2) is 47.4 Å². The molecule has 1 fully saturated rings. The summed E-state index contributed by atoms with van der Waals surface area (Å²) in [5.41, 5.74) is 0. The first-order chi connectivity index (χ1) is 10.1. The Hall–Kier alpha value is -1.43. The van der Waals surface area contributed by atoms with Gasteiger partial charge in [0.25, 0.3) is 0 Å². The van der Waals surface area contributed by atoms with Crippen molar-refractivity contribution in [1.82, 2.24) is 9.62 Å². The largest absolute Gasteiger partial charge is 0.313 e. The van der Waals surface area contributed by atoms with Gasteiger partial charge in [-0.3, -0.25) is 0 Å². The zero-order valence-electron chi connectivity index (χ0n) is 12.1. The number of sulfonamides is 1. The first kappa shape index (κ1) is 14.5. The molecule has 1 saturated heterocycles. The summed E-state index contributed by atoms with van der Waals surface area (Å²) in [6, 6.07) is 13.2. The van der Waals surface area contributed by atoms with Crippen molar-refractivity contribution in [2.75, 3.05) is 19.6 Å². The van der Waals surface area contributed by atoms with Crippen LogP contribution < -0.4 is 5.32 Å². The van der Waals surface area contributed by atoms with E-state index in [0.29, 0.717) is 11.4 Å². The second-order valence-electron chi connectivity index (χ2n) is 5.41. The van der Waals surface area contributed by atoms with Crippen LogP contribution in [0.25, 0.3) is 10.8 Å². The molecule has 0 unspecified atom stereocenters. The molecule has 0 spiro atoms. The number of nitrogens with zero attached hydrogens (tertiary/aromatic N) is 1. The fourth-order valence-corrected chi connectivity index (χ4v) is 4.67. The van der Waals surface area contributed by atoms with E-state index in [0.717, 1.165) is 30.3 Å². The fourth-order valence-electron chi connectivity index (χ4n) is 2.74. The lowest BCUT2D eigenvalue weighted by Gasteiger charge is -2.37.